The van der Waals surface area contributed by atoms with Crippen LogP contribution in [0.15, 0.2) is 53.8 Å². The summed E-state index contributed by atoms with van der Waals surface area (Å²) in [5, 5.41) is 10.6. The van der Waals surface area contributed by atoms with Gasteiger partial charge in [0.25, 0.3) is 0 Å². The molecule has 0 bridgehead atoms. The molecule has 3 aromatic rings. The van der Waals surface area contributed by atoms with E-state index >= 15 is 0 Å². The van der Waals surface area contributed by atoms with Gasteiger partial charge >= 0.3 is 0 Å². The fraction of sp³-hybridized carbons (Fsp3) is 0.292. The summed E-state index contributed by atoms with van der Waals surface area (Å²) >= 11 is 0. The third-order valence-electron chi connectivity index (χ3n) is 5.74. The predicted molar refractivity (Wildman–Crippen MR) is 131 cm³/mol. The Morgan fingerprint density at radius 1 is 1.22 bits per heavy atom. The lowest BCUT2D eigenvalue weighted by atomic mass is 10.1. The molecule has 0 saturated carbocycles. The number of sulfone groups is 1. The normalized spacial score (nSPS) is 14.8. The molecule has 3 heterocycles. The molecule has 12 heteroatoms. The molecule has 2 aromatic heterocycles. The van der Waals surface area contributed by atoms with Crippen LogP contribution in [0.3, 0.4) is 0 Å². The van der Waals surface area contributed by atoms with Crippen molar-refractivity contribution in [2.45, 2.75) is 23.8 Å². The molecule has 1 aliphatic rings. The molecule has 0 spiro atoms. The molecule has 1 aliphatic heterocycles. The Morgan fingerprint density at radius 2 is 2.00 bits per heavy atom. The molecule has 0 amide bonds. The molecule has 1 saturated heterocycles. The number of halogens is 1. The van der Waals surface area contributed by atoms with Crippen molar-refractivity contribution >= 4 is 33.3 Å². The Hall–Kier alpha value is -3.77. The smallest absolute Gasteiger partial charge is 0.227 e. The van der Waals surface area contributed by atoms with E-state index in [1.807, 2.05) is 4.90 Å². The van der Waals surface area contributed by atoms with Crippen LogP contribution in [0.2, 0.25) is 0 Å². The van der Waals surface area contributed by atoms with E-state index in [9.17, 15) is 17.6 Å². The van der Waals surface area contributed by atoms with E-state index in [0.717, 1.165) is 18.5 Å². The van der Waals surface area contributed by atoms with Crippen LogP contribution in [0.5, 0.6) is 5.88 Å². The van der Waals surface area contributed by atoms with Crippen molar-refractivity contribution in [3.63, 3.8) is 0 Å². The number of ketones is 1. The number of likely N-dealkylation sites (tertiary alicyclic amines) is 1. The summed E-state index contributed by atoms with van der Waals surface area (Å²) in [4.78, 5) is 26.7. The second-order valence-corrected chi connectivity index (χ2v) is 10.4. The number of anilines is 2. The topological polar surface area (TPSA) is 138 Å². The minimum absolute atomic E-state index is 0.000955. The zero-order chi connectivity index (χ0) is 25.7. The van der Waals surface area contributed by atoms with Gasteiger partial charge in [-0.1, -0.05) is 6.07 Å². The SMILES string of the molecule is CS(=O)(=O)c1ccc(Nc2ncnc(OC3CCN(CC(=O)c4ccccn4)CC3)c2C=N)c(F)c1. The molecule has 188 valence electrons. The van der Waals surface area contributed by atoms with Crippen LogP contribution >= 0.6 is 0 Å². The summed E-state index contributed by atoms with van der Waals surface area (Å²) in [6.07, 6.45) is 5.98. The Kier molecular flexibility index (Phi) is 7.65. The highest BCUT2D eigenvalue weighted by atomic mass is 32.2. The Bertz CT molecular complexity index is 1360. The third-order valence-corrected chi connectivity index (χ3v) is 6.85. The summed E-state index contributed by atoms with van der Waals surface area (Å²) in [5.41, 5.74) is 0.674. The van der Waals surface area contributed by atoms with Gasteiger partial charge in [-0.2, -0.15) is 0 Å². The number of hydrogen-bond acceptors (Lipinski definition) is 10. The zero-order valence-electron chi connectivity index (χ0n) is 19.5. The van der Waals surface area contributed by atoms with Gasteiger partial charge in [0, 0.05) is 31.8 Å². The van der Waals surface area contributed by atoms with E-state index < -0.39 is 15.7 Å². The second-order valence-electron chi connectivity index (χ2n) is 8.36. The average Bonchev–Trinajstić information content (AvgIpc) is 2.86. The van der Waals surface area contributed by atoms with Gasteiger partial charge in [0.15, 0.2) is 15.6 Å². The summed E-state index contributed by atoms with van der Waals surface area (Å²) in [6, 6.07) is 8.75. The Morgan fingerprint density at radius 3 is 2.64 bits per heavy atom. The van der Waals surface area contributed by atoms with Gasteiger partial charge in [-0.25, -0.2) is 22.8 Å². The minimum atomic E-state index is -3.55. The number of piperidine rings is 1. The third kappa shape index (κ3) is 6.07. The maximum atomic E-state index is 14.5. The average molecular weight is 513 g/mol. The number of ether oxygens (including phenoxy) is 1. The molecule has 0 unspecified atom stereocenters. The van der Waals surface area contributed by atoms with Crippen LogP contribution in [-0.4, -0.2) is 72.3 Å². The van der Waals surface area contributed by atoms with E-state index in [4.69, 9.17) is 10.1 Å². The van der Waals surface area contributed by atoms with Gasteiger partial charge in [0.1, 0.15) is 29.8 Å². The standard InChI is InChI=1S/C24H25FN6O4S/c1-36(33,34)17-5-6-20(19(25)12-17)30-23-18(13-26)24(29-15-28-23)35-16-7-10-31(11-8-16)14-22(32)21-4-2-3-9-27-21/h2-6,9,12-13,15-16,26H,7-8,10-11,14H2,1H3,(H,28,29,30). The quantitative estimate of drug-likeness (QED) is 0.327. The molecular formula is C24H25FN6O4S. The van der Waals surface area contributed by atoms with Crippen molar-refractivity contribution in [2.75, 3.05) is 31.2 Å². The van der Waals surface area contributed by atoms with Crippen molar-refractivity contribution in [1.29, 1.82) is 5.41 Å². The Balaban J connectivity index is 1.40. The second kappa shape index (κ2) is 10.9. The van der Waals surface area contributed by atoms with E-state index in [1.165, 1.54) is 18.5 Å². The molecule has 0 atom stereocenters. The lowest BCUT2D eigenvalue weighted by Crippen LogP contribution is -2.41. The number of rotatable bonds is 9. The number of carbonyl (C=O) groups excluding carboxylic acids is 1. The van der Waals surface area contributed by atoms with Crippen LogP contribution in [-0.2, 0) is 9.84 Å². The molecular weight excluding hydrogens is 487 g/mol. The number of benzene rings is 1. The van der Waals surface area contributed by atoms with Gasteiger partial charge in [-0.3, -0.25) is 14.7 Å². The molecule has 1 fully saturated rings. The van der Waals surface area contributed by atoms with E-state index in [1.54, 1.807) is 24.4 Å². The monoisotopic (exact) mass is 512 g/mol. The van der Waals surface area contributed by atoms with Crippen LogP contribution in [0.1, 0.15) is 28.9 Å². The predicted octanol–water partition coefficient (Wildman–Crippen LogP) is 2.88. The number of hydrogen-bond donors (Lipinski definition) is 2. The molecule has 0 aliphatic carbocycles. The number of carbonyl (C=O) groups is 1. The van der Waals surface area contributed by atoms with E-state index in [-0.39, 0.29) is 46.3 Å². The van der Waals surface area contributed by atoms with Gasteiger partial charge in [-0.15, -0.1) is 0 Å². The highest BCUT2D eigenvalue weighted by molar-refractivity contribution is 7.90. The maximum Gasteiger partial charge on any atom is 0.227 e. The summed E-state index contributed by atoms with van der Waals surface area (Å²) in [7, 11) is -3.55. The van der Waals surface area contributed by atoms with Crippen LogP contribution in [0.25, 0.3) is 0 Å². The molecule has 10 nitrogen and oxygen atoms in total. The first-order chi connectivity index (χ1) is 17.2. The highest BCUT2D eigenvalue weighted by Gasteiger charge is 2.24. The van der Waals surface area contributed by atoms with Gasteiger partial charge in [0.05, 0.1) is 22.7 Å². The van der Waals surface area contributed by atoms with E-state index in [2.05, 4.69) is 20.3 Å². The fourth-order valence-electron chi connectivity index (χ4n) is 3.81. The summed E-state index contributed by atoms with van der Waals surface area (Å²) in [6.45, 7) is 1.58. The summed E-state index contributed by atoms with van der Waals surface area (Å²) in [5.74, 6) is -0.481. The molecule has 2 N–H and O–H groups in total. The summed E-state index contributed by atoms with van der Waals surface area (Å²) < 4.78 is 43.9. The first kappa shape index (κ1) is 25.3. The minimum Gasteiger partial charge on any atom is -0.474 e. The van der Waals surface area contributed by atoms with Gasteiger partial charge in [-0.05, 0) is 43.2 Å². The van der Waals surface area contributed by atoms with Crippen LogP contribution in [0.4, 0.5) is 15.9 Å². The lowest BCUT2D eigenvalue weighted by Gasteiger charge is -2.31. The maximum absolute atomic E-state index is 14.5. The number of aromatic nitrogens is 3. The lowest BCUT2D eigenvalue weighted by molar-refractivity contribution is 0.0774. The zero-order valence-corrected chi connectivity index (χ0v) is 20.3. The number of nitrogens with zero attached hydrogens (tertiary/aromatic N) is 4. The van der Waals surface area contributed by atoms with Crippen LogP contribution in [0, 0.1) is 11.2 Å². The highest BCUT2D eigenvalue weighted by Crippen LogP contribution is 2.28. The molecule has 1 aromatic carbocycles. The first-order valence-corrected chi connectivity index (χ1v) is 13.1. The number of nitrogens with one attached hydrogen (secondary N) is 2. The number of Topliss-reactive ketones (excluding diaryl/α,β-unsaturated/α-hetero) is 1. The van der Waals surface area contributed by atoms with Crippen molar-refractivity contribution < 1.29 is 22.3 Å². The van der Waals surface area contributed by atoms with Crippen molar-refractivity contribution in [1.82, 2.24) is 19.9 Å². The van der Waals surface area contributed by atoms with Crippen molar-refractivity contribution in [3.8, 4) is 5.88 Å². The van der Waals surface area contributed by atoms with E-state index in [0.29, 0.717) is 31.6 Å². The fourth-order valence-corrected chi connectivity index (χ4v) is 4.45. The largest absolute Gasteiger partial charge is 0.474 e. The first-order valence-electron chi connectivity index (χ1n) is 11.2. The molecule has 36 heavy (non-hydrogen) atoms. The Labute approximate surface area is 208 Å². The van der Waals surface area contributed by atoms with Gasteiger partial charge < -0.3 is 15.5 Å². The molecule has 4 rings (SSSR count). The van der Waals surface area contributed by atoms with Crippen molar-refractivity contribution in [3.05, 3.63) is 66.0 Å². The molecule has 0 radical (unpaired) electrons. The number of pyridine rings is 1. The van der Waals surface area contributed by atoms with Crippen molar-refractivity contribution in [2.24, 2.45) is 0 Å². The van der Waals surface area contributed by atoms with Gasteiger partial charge in [0.2, 0.25) is 5.88 Å². The van der Waals surface area contributed by atoms with Crippen LogP contribution < -0.4 is 10.1 Å².